The highest BCUT2D eigenvalue weighted by atomic mass is 19.1. The van der Waals surface area contributed by atoms with Crippen LogP contribution in [0.3, 0.4) is 0 Å². The molecule has 1 atom stereocenters. The van der Waals surface area contributed by atoms with Gasteiger partial charge in [-0.25, -0.2) is 4.39 Å². The van der Waals surface area contributed by atoms with E-state index in [9.17, 15) is 4.39 Å². The van der Waals surface area contributed by atoms with E-state index in [0.29, 0.717) is 19.0 Å². The Morgan fingerprint density at radius 2 is 2.18 bits per heavy atom. The van der Waals surface area contributed by atoms with Gasteiger partial charge in [0, 0.05) is 13.1 Å². The zero-order valence-electron chi connectivity index (χ0n) is 10.7. The third-order valence-electron chi connectivity index (χ3n) is 2.69. The molecular weight excluding hydrogens is 219 g/mol. The zero-order chi connectivity index (χ0) is 12.8. The van der Waals surface area contributed by atoms with Crippen molar-refractivity contribution in [2.45, 2.75) is 13.5 Å². The first kappa shape index (κ1) is 13.9. The Morgan fingerprint density at radius 3 is 2.71 bits per heavy atom. The Morgan fingerprint density at radius 1 is 1.47 bits per heavy atom. The average molecular weight is 240 g/mol. The van der Waals surface area contributed by atoms with Gasteiger partial charge in [-0.15, -0.1) is 0 Å². The highest BCUT2D eigenvalue weighted by molar-refractivity contribution is 5.29. The summed E-state index contributed by atoms with van der Waals surface area (Å²) >= 11 is 0. The number of benzene rings is 1. The minimum absolute atomic E-state index is 0.284. The molecule has 96 valence electrons. The van der Waals surface area contributed by atoms with Crippen molar-refractivity contribution in [3.05, 3.63) is 29.6 Å². The number of nitrogens with zero attached hydrogens (tertiary/aromatic N) is 1. The maximum atomic E-state index is 13.5. The second-order valence-corrected chi connectivity index (χ2v) is 4.51. The highest BCUT2D eigenvalue weighted by Gasteiger charge is 2.08. The lowest BCUT2D eigenvalue weighted by Gasteiger charge is -2.20. The molecule has 4 heteroatoms. The third-order valence-corrected chi connectivity index (χ3v) is 2.69. The third kappa shape index (κ3) is 4.32. The highest BCUT2D eigenvalue weighted by Crippen LogP contribution is 2.18. The van der Waals surface area contributed by atoms with Crippen LogP contribution < -0.4 is 10.5 Å². The molecule has 0 spiro atoms. The number of hydrogen-bond acceptors (Lipinski definition) is 3. The summed E-state index contributed by atoms with van der Waals surface area (Å²) in [6.45, 7) is 4.39. The Hall–Kier alpha value is -1.13. The van der Waals surface area contributed by atoms with Gasteiger partial charge in [0.2, 0.25) is 0 Å². The van der Waals surface area contributed by atoms with Gasteiger partial charge in [-0.2, -0.15) is 0 Å². The second kappa shape index (κ2) is 6.57. The van der Waals surface area contributed by atoms with Crippen molar-refractivity contribution in [2.75, 3.05) is 27.2 Å². The van der Waals surface area contributed by atoms with Crippen molar-refractivity contribution in [2.24, 2.45) is 11.7 Å². The van der Waals surface area contributed by atoms with Crippen LogP contribution in [0.15, 0.2) is 18.2 Å². The van der Waals surface area contributed by atoms with E-state index in [0.717, 1.165) is 12.1 Å². The molecule has 0 aliphatic rings. The fraction of sp³-hybridized carbons (Fsp3) is 0.538. The molecule has 1 rings (SSSR count). The molecule has 0 saturated carbocycles. The molecule has 0 saturated heterocycles. The van der Waals surface area contributed by atoms with Crippen LogP contribution in [0.2, 0.25) is 0 Å². The Balaban J connectivity index is 2.59. The molecule has 0 aliphatic heterocycles. The number of nitrogens with two attached hydrogens (primary N) is 1. The number of ether oxygens (including phenoxy) is 1. The van der Waals surface area contributed by atoms with Gasteiger partial charge < -0.3 is 15.4 Å². The molecule has 3 nitrogen and oxygen atoms in total. The van der Waals surface area contributed by atoms with Gasteiger partial charge in [-0.05, 0) is 37.2 Å². The van der Waals surface area contributed by atoms with Crippen molar-refractivity contribution < 1.29 is 9.13 Å². The summed E-state index contributed by atoms with van der Waals surface area (Å²) in [5.74, 6) is 0.417. The quantitative estimate of drug-likeness (QED) is 0.825. The van der Waals surface area contributed by atoms with Gasteiger partial charge >= 0.3 is 0 Å². The monoisotopic (exact) mass is 240 g/mol. The predicted octanol–water partition coefficient (Wildman–Crippen LogP) is 1.86. The van der Waals surface area contributed by atoms with Crippen LogP contribution in [0, 0.1) is 11.7 Å². The Labute approximate surface area is 102 Å². The van der Waals surface area contributed by atoms with Crippen molar-refractivity contribution in [3.63, 3.8) is 0 Å². The van der Waals surface area contributed by atoms with E-state index in [-0.39, 0.29) is 11.6 Å². The molecule has 0 radical (unpaired) electrons. The summed E-state index contributed by atoms with van der Waals surface area (Å²) in [4.78, 5) is 2.14. The van der Waals surface area contributed by atoms with Crippen LogP contribution in [0.4, 0.5) is 4.39 Å². The van der Waals surface area contributed by atoms with Crippen LogP contribution >= 0.6 is 0 Å². The van der Waals surface area contributed by atoms with Gasteiger partial charge in [0.05, 0.1) is 7.11 Å². The predicted molar refractivity (Wildman–Crippen MR) is 67.5 cm³/mol. The summed E-state index contributed by atoms with van der Waals surface area (Å²) in [6, 6.07) is 5.05. The van der Waals surface area contributed by atoms with Crippen molar-refractivity contribution >= 4 is 0 Å². The number of hydrogen-bond donors (Lipinski definition) is 1. The summed E-state index contributed by atoms with van der Waals surface area (Å²) in [6.07, 6.45) is 0. The lowest BCUT2D eigenvalue weighted by Crippen LogP contribution is -2.28. The molecule has 2 N–H and O–H groups in total. The first-order chi connectivity index (χ1) is 8.06. The number of halogens is 1. The molecule has 0 aliphatic carbocycles. The van der Waals surface area contributed by atoms with Crippen LogP contribution in [0.25, 0.3) is 0 Å². The summed E-state index contributed by atoms with van der Waals surface area (Å²) in [5, 5.41) is 0. The molecule has 0 bridgehead atoms. The lowest BCUT2D eigenvalue weighted by atomic mass is 10.1. The molecule has 1 aromatic rings. The first-order valence-electron chi connectivity index (χ1n) is 5.77. The SMILES string of the molecule is COc1ccc(CN(C)CC(C)CN)cc1F. The van der Waals surface area contributed by atoms with Crippen molar-refractivity contribution in [3.8, 4) is 5.75 Å². The molecule has 0 amide bonds. The summed E-state index contributed by atoms with van der Waals surface area (Å²) in [5.41, 5.74) is 6.51. The van der Waals surface area contributed by atoms with E-state index in [1.807, 2.05) is 13.1 Å². The Bertz CT molecular complexity index is 357. The van der Waals surface area contributed by atoms with E-state index >= 15 is 0 Å². The largest absolute Gasteiger partial charge is 0.494 e. The van der Waals surface area contributed by atoms with E-state index in [1.165, 1.54) is 13.2 Å². The molecular formula is C13H21FN2O. The molecule has 0 heterocycles. The average Bonchev–Trinajstić information content (AvgIpc) is 2.29. The lowest BCUT2D eigenvalue weighted by molar-refractivity contribution is 0.281. The minimum Gasteiger partial charge on any atom is -0.494 e. The van der Waals surface area contributed by atoms with Crippen LogP contribution in [0.1, 0.15) is 12.5 Å². The molecule has 17 heavy (non-hydrogen) atoms. The van der Waals surface area contributed by atoms with E-state index in [2.05, 4.69) is 11.8 Å². The second-order valence-electron chi connectivity index (χ2n) is 4.51. The van der Waals surface area contributed by atoms with Gasteiger partial charge in [0.1, 0.15) is 0 Å². The summed E-state index contributed by atoms with van der Waals surface area (Å²) < 4.78 is 18.3. The normalized spacial score (nSPS) is 12.8. The maximum absolute atomic E-state index is 13.5. The van der Waals surface area contributed by atoms with E-state index < -0.39 is 0 Å². The first-order valence-corrected chi connectivity index (χ1v) is 5.77. The van der Waals surface area contributed by atoms with Gasteiger partial charge in [-0.3, -0.25) is 0 Å². The van der Waals surface area contributed by atoms with Gasteiger partial charge in [-0.1, -0.05) is 13.0 Å². The van der Waals surface area contributed by atoms with E-state index in [1.54, 1.807) is 6.07 Å². The maximum Gasteiger partial charge on any atom is 0.165 e. The smallest absolute Gasteiger partial charge is 0.165 e. The van der Waals surface area contributed by atoms with Gasteiger partial charge in [0.15, 0.2) is 11.6 Å². The fourth-order valence-electron chi connectivity index (χ4n) is 1.79. The molecule has 0 aromatic heterocycles. The van der Waals surface area contributed by atoms with Crippen LogP contribution in [0.5, 0.6) is 5.75 Å². The number of methoxy groups -OCH3 is 1. The summed E-state index contributed by atoms with van der Waals surface area (Å²) in [7, 11) is 3.47. The van der Waals surface area contributed by atoms with Crippen molar-refractivity contribution in [1.29, 1.82) is 0 Å². The standard InChI is InChI=1S/C13H21FN2O/c1-10(7-15)8-16(2)9-11-4-5-13(17-3)12(14)6-11/h4-6,10H,7-9,15H2,1-3H3. The van der Waals surface area contributed by atoms with Gasteiger partial charge in [0.25, 0.3) is 0 Å². The Kier molecular flexibility index (Phi) is 5.38. The van der Waals surface area contributed by atoms with E-state index in [4.69, 9.17) is 10.5 Å². The van der Waals surface area contributed by atoms with Crippen LogP contribution in [-0.4, -0.2) is 32.1 Å². The fourth-order valence-corrected chi connectivity index (χ4v) is 1.79. The zero-order valence-corrected chi connectivity index (χ0v) is 10.7. The number of rotatable bonds is 6. The molecule has 1 aromatic carbocycles. The molecule has 0 fully saturated rings. The molecule has 1 unspecified atom stereocenters. The van der Waals surface area contributed by atoms with Crippen LogP contribution in [-0.2, 0) is 6.54 Å². The minimum atomic E-state index is -0.315. The topological polar surface area (TPSA) is 38.5 Å². The van der Waals surface area contributed by atoms with Crippen molar-refractivity contribution in [1.82, 2.24) is 4.90 Å².